The SMILES string of the molecule is CC(C)(C)OC(=O)N1CCC[C@@H](Nc2nsc3ccccc23)C1. The number of carbonyl (C=O) groups is 1. The molecule has 2 aromatic rings. The Morgan fingerprint density at radius 3 is 2.96 bits per heavy atom. The molecule has 0 bridgehead atoms. The largest absolute Gasteiger partial charge is 0.444 e. The molecule has 0 spiro atoms. The Kier molecular flexibility index (Phi) is 4.43. The van der Waals surface area contributed by atoms with Gasteiger partial charge in [0, 0.05) is 24.5 Å². The van der Waals surface area contributed by atoms with E-state index in [2.05, 4.69) is 21.8 Å². The number of ether oxygens (including phenoxy) is 1. The molecule has 0 radical (unpaired) electrons. The van der Waals surface area contributed by atoms with Gasteiger partial charge in [0.15, 0.2) is 0 Å². The maximum Gasteiger partial charge on any atom is 0.410 e. The number of hydrogen-bond acceptors (Lipinski definition) is 5. The highest BCUT2D eigenvalue weighted by Crippen LogP contribution is 2.28. The molecule has 124 valence electrons. The van der Waals surface area contributed by atoms with Crippen molar-refractivity contribution < 1.29 is 9.53 Å². The molecule has 3 rings (SSSR count). The number of likely N-dealkylation sites (tertiary alicyclic amines) is 1. The predicted octanol–water partition coefficient (Wildman–Crippen LogP) is 4.11. The Hall–Kier alpha value is -1.82. The third kappa shape index (κ3) is 3.93. The van der Waals surface area contributed by atoms with Gasteiger partial charge in [0.2, 0.25) is 0 Å². The average Bonchev–Trinajstić information content (AvgIpc) is 2.89. The van der Waals surface area contributed by atoms with E-state index in [-0.39, 0.29) is 12.1 Å². The van der Waals surface area contributed by atoms with Gasteiger partial charge in [0.1, 0.15) is 11.4 Å². The summed E-state index contributed by atoms with van der Waals surface area (Å²) in [4.78, 5) is 14.0. The lowest BCUT2D eigenvalue weighted by Crippen LogP contribution is -2.47. The number of anilines is 1. The van der Waals surface area contributed by atoms with Crippen LogP contribution in [0.4, 0.5) is 10.6 Å². The predicted molar refractivity (Wildman–Crippen MR) is 94.1 cm³/mol. The molecule has 1 saturated heterocycles. The van der Waals surface area contributed by atoms with Crippen molar-refractivity contribution in [3.63, 3.8) is 0 Å². The maximum absolute atomic E-state index is 12.2. The highest BCUT2D eigenvalue weighted by atomic mass is 32.1. The van der Waals surface area contributed by atoms with Gasteiger partial charge in [-0.05, 0) is 57.3 Å². The minimum absolute atomic E-state index is 0.210. The summed E-state index contributed by atoms with van der Waals surface area (Å²) in [5.74, 6) is 0.918. The molecular formula is C17H23N3O2S. The van der Waals surface area contributed by atoms with E-state index in [4.69, 9.17) is 4.74 Å². The number of amides is 1. The van der Waals surface area contributed by atoms with Crippen molar-refractivity contribution in [2.24, 2.45) is 0 Å². The molecule has 0 aliphatic carbocycles. The zero-order valence-electron chi connectivity index (χ0n) is 13.8. The highest BCUT2D eigenvalue weighted by Gasteiger charge is 2.28. The summed E-state index contributed by atoms with van der Waals surface area (Å²) < 4.78 is 11.2. The van der Waals surface area contributed by atoms with Crippen LogP contribution in [0.5, 0.6) is 0 Å². The molecule has 1 aliphatic heterocycles. The third-order valence-corrected chi connectivity index (χ3v) is 4.62. The lowest BCUT2D eigenvalue weighted by atomic mass is 10.1. The Labute approximate surface area is 140 Å². The summed E-state index contributed by atoms with van der Waals surface area (Å²) in [6.07, 6.45) is 1.77. The van der Waals surface area contributed by atoms with E-state index in [0.29, 0.717) is 6.54 Å². The monoisotopic (exact) mass is 333 g/mol. The summed E-state index contributed by atoms with van der Waals surface area (Å²) in [7, 11) is 0. The third-order valence-electron chi connectivity index (χ3n) is 3.79. The van der Waals surface area contributed by atoms with E-state index in [1.54, 1.807) is 4.90 Å². The first-order valence-electron chi connectivity index (χ1n) is 8.01. The summed E-state index contributed by atoms with van der Waals surface area (Å²) >= 11 is 1.50. The second kappa shape index (κ2) is 6.35. The molecule has 1 aliphatic rings. The summed E-state index contributed by atoms with van der Waals surface area (Å²) in [5.41, 5.74) is -0.456. The first-order valence-corrected chi connectivity index (χ1v) is 8.78. The van der Waals surface area contributed by atoms with Crippen LogP contribution in [0.3, 0.4) is 0 Å². The molecular weight excluding hydrogens is 310 g/mol. The van der Waals surface area contributed by atoms with E-state index in [0.717, 1.165) is 30.6 Å². The van der Waals surface area contributed by atoms with Gasteiger partial charge in [-0.15, -0.1) is 0 Å². The van der Waals surface area contributed by atoms with Gasteiger partial charge in [-0.25, -0.2) is 4.79 Å². The number of hydrogen-bond donors (Lipinski definition) is 1. The Balaban J connectivity index is 1.66. The summed E-state index contributed by atoms with van der Waals surface area (Å²) in [6, 6.07) is 8.41. The molecule has 23 heavy (non-hydrogen) atoms. The molecule has 2 heterocycles. The van der Waals surface area contributed by atoms with E-state index in [1.165, 1.54) is 16.2 Å². The number of aromatic nitrogens is 1. The van der Waals surface area contributed by atoms with E-state index in [1.807, 2.05) is 32.9 Å². The number of rotatable bonds is 2. The van der Waals surface area contributed by atoms with Crippen LogP contribution >= 0.6 is 11.5 Å². The van der Waals surface area contributed by atoms with Crippen LogP contribution in [0.15, 0.2) is 24.3 Å². The van der Waals surface area contributed by atoms with E-state index >= 15 is 0 Å². The second-order valence-electron chi connectivity index (χ2n) is 6.94. The molecule has 1 N–H and O–H groups in total. The molecule has 6 heteroatoms. The maximum atomic E-state index is 12.2. The minimum atomic E-state index is -0.456. The van der Waals surface area contributed by atoms with Gasteiger partial charge >= 0.3 is 6.09 Å². The van der Waals surface area contributed by atoms with Crippen molar-refractivity contribution in [2.75, 3.05) is 18.4 Å². The fourth-order valence-corrected chi connectivity index (χ4v) is 3.51. The van der Waals surface area contributed by atoms with Crippen molar-refractivity contribution in [1.29, 1.82) is 0 Å². The van der Waals surface area contributed by atoms with Crippen molar-refractivity contribution in [1.82, 2.24) is 9.27 Å². The normalized spacial score (nSPS) is 18.9. The molecule has 1 aromatic carbocycles. The molecule has 1 atom stereocenters. The van der Waals surface area contributed by atoms with Crippen molar-refractivity contribution in [3.8, 4) is 0 Å². The molecule has 1 aromatic heterocycles. The van der Waals surface area contributed by atoms with Gasteiger partial charge in [-0.1, -0.05) is 12.1 Å². The quantitative estimate of drug-likeness (QED) is 0.898. The molecule has 0 unspecified atom stereocenters. The van der Waals surface area contributed by atoms with Crippen LogP contribution < -0.4 is 5.32 Å². The fraction of sp³-hybridized carbons (Fsp3) is 0.529. The average molecular weight is 333 g/mol. The number of benzene rings is 1. The van der Waals surface area contributed by atoms with Crippen LogP contribution in [0, 0.1) is 0 Å². The van der Waals surface area contributed by atoms with Gasteiger partial charge in [-0.2, -0.15) is 4.37 Å². The van der Waals surface area contributed by atoms with Crippen molar-refractivity contribution >= 4 is 33.5 Å². The minimum Gasteiger partial charge on any atom is -0.444 e. The highest BCUT2D eigenvalue weighted by molar-refractivity contribution is 7.13. The first-order chi connectivity index (χ1) is 10.9. The number of carbonyl (C=O) groups excluding carboxylic acids is 1. The van der Waals surface area contributed by atoms with Crippen LogP contribution in [-0.4, -0.2) is 40.1 Å². The van der Waals surface area contributed by atoms with Gasteiger partial charge < -0.3 is 15.0 Å². The van der Waals surface area contributed by atoms with Gasteiger partial charge in [0.05, 0.1) is 4.70 Å². The number of fused-ring (bicyclic) bond motifs is 1. The van der Waals surface area contributed by atoms with Gasteiger partial charge in [0.25, 0.3) is 0 Å². The lowest BCUT2D eigenvalue weighted by Gasteiger charge is -2.34. The summed E-state index contributed by atoms with van der Waals surface area (Å²) in [5, 5.41) is 4.65. The van der Waals surface area contributed by atoms with E-state index < -0.39 is 5.60 Å². The Morgan fingerprint density at radius 1 is 1.39 bits per heavy atom. The van der Waals surface area contributed by atoms with Crippen LogP contribution in [0.25, 0.3) is 10.1 Å². The zero-order valence-corrected chi connectivity index (χ0v) is 14.7. The molecule has 1 amide bonds. The fourth-order valence-electron chi connectivity index (χ4n) is 2.77. The zero-order chi connectivity index (χ0) is 16.4. The number of piperidine rings is 1. The Morgan fingerprint density at radius 2 is 2.17 bits per heavy atom. The summed E-state index contributed by atoms with van der Waals surface area (Å²) in [6.45, 7) is 7.09. The molecule has 0 saturated carbocycles. The van der Waals surface area contributed by atoms with Crippen LogP contribution in [0.2, 0.25) is 0 Å². The molecule has 1 fully saturated rings. The van der Waals surface area contributed by atoms with Crippen LogP contribution in [0.1, 0.15) is 33.6 Å². The van der Waals surface area contributed by atoms with E-state index in [9.17, 15) is 4.79 Å². The smallest absolute Gasteiger partial charge is 0.410 e. The number of nitrogens with zero attached hydrogens (tertiary/aromatic N) is 2. The van der Waals surface area contributed by atoms with Crippen molar-refractivity contribution in [3.05, 3.63) is 24.3 Å². The Bertz CT molecular complexity index is 692. The van der Waals surface area contributed by atoms with Crippen LogP contribution in [-0.2, 0) is 4.74 Å². The van der Waals surface area contributed by atoms with Crippen molar-refractivity contribution in [2.45, 2.75) is 45.3 Å². The molecule has 5 nitrogen and oxygen atoms in total. The number of nitrogens with one attached hydrogen (secondary N) is 1. The lowest BCUT2D eigenvalue weighted by molar-refractivity contribution is 0.0206. The van der Waals surface area contributed by atoms with Gasteiger partial charge in [-0.3, -0.25) is 0 Å². The topological polar surface area (TPSA) is 54.5 Å². The first kappa shape index (κ1) is 16.1. The standard InChI is InChI=1S/C17H23N3O2S/c1-17(2,3)22-16(21)20-10-6-7-12(11-20)18-15-13-8-4-5-9-14(13)23-19-15/h4-5,8-9,12H,6-7,10-11H2,1-3H3,(H,18,19)/t12-/m1/s1. The second-order valence-corrected chi connectivity index (χ2v) is 7.74.